The Bertz CT molecular complexity index is 500. The van der Waals surface area contributed by atoms with Gasteiger partial charge < -0.3 is 0 Å². The third-order valence-corrected chi connectivity index (χ3v) is 2.39. The van der Waals surface area contributed by atoms with Gasteiger partial charge in [0.15, 0.2) is 5.13 Å². The van der Waals surface area contributed by atoms with E-state index < -0.39 is 0 Å². The summed E-state index contributed by atoms with van der Waals surface area (Å²) in [6.07, 6.45) is 0. The molecular formula is C7H3FN4S. The van der Waals surface area contributed by atoms with E-state index in [4.69, 9.17) is 5.53 Å². The summed E-state index contributed by atoms with van der Waals surface area (Å²) in [4.78, 5) is 6.52. The maximum Gasteiger partial charge on any atom is 0.181 e. The van der Waals surface area contributed by atoms with Crippen molar-refractivity contribution < 1.29 is 4.39 Å². The molecule has 0 aliphatic carbocycles. The van der Waals surface area contributed by atoms with E-state index in [1.807, 2.05) is 0 Å². The molecule has 0 radical (unpaired) electrons. The summed E-state index contributed by atoms with van der Waals surface area (Å²) in [6, 6.07) is 4.27. The van der Waals surface area contributed by atoms with Crippen molar-refractivity contribution in [1.29, 1.82) is 0 Å². The molecule has 0 N–H and O–H groups in total. The van der Waals surface area contributed by atoms with Crippen LogP contribution in [0.5, 0.6) is 0 Å². The van der Waals surface area contributed by atoms with Crippen LogP contribution in [0.15, 0.2) is 23.3 Å². The van der Waals surface area contributed by atoms with E-state index in [-0.39, 0.29) is 5.82 Å². The van der Waals surface area contributed by atoms with E-state index in [0.29, 0.717) is 10.6 Å². The van der Waals surface area contributed by atoms with E-state index in [2.05, 4.69) is 15.0 Å². The molecule has 0 atom stereocenters. The van der Waals surface area contributed by atoms with Crippen molar-refractivity contribution in [3.63, 3.8) is 0 Å². The van der Waals surface area contributed by atoms with Crippen LogP contribution in [-0.2, 0) is 0 Å². The van der Waals surface area contributed by atoms with E-state index in [1.165, 1.54) is 23.5 Å². The van der Waals surface area contributed by atoms with Gasteiger partial charge in [0.05, 0.1) is 10.2 Å². The Morgan fingerprint density at radius 1 is 1.54 bits per heavy atom. The predicted molar refractivity (Wildman–Crippen MR) is 48.4 cm³/mol. The Morgan fingerprint density at radius 2 is 2.38 bits per heavy atom. The van der Waals surface area contributed by atoms with Crippen molar-refractivity contribution in [3.05, 3.63) is 34.5 Å². The smallest absolute Gasteiger partial charge is 0.181 e. The van der Waals surface area contributed by atoms with Gasteiger partial charge in [-0.05, 0) is 22.8 Å². The average molecular weight is 194 g/mol. The molecule has 1 heterocycles. The van der Waals surface area contributed by atoms with Crippen LogP contribution in [0.3, 0.4) is 0 Å². The third kappa shape index (κ3) is 1.44. The largest absolute Gasteiger partial charge is 0.234 e. The number of fused-ring (bicyclic) bond motifs is 1. The lowest BCUT2D eigenvalue weighted by Crippen LogP contribution is -1.71. The zero-order valence-electron chi connectivity index (χ0n) is 6.31. The van der Waals surface area contributed by atoms with Crippen LogP contribution in [0.25, 0.3) is 20.7 Å². The van der Waals surface area contributed by atoms with Gasteiger partial charge in [-0.25, -0.2) is 9.37 Å². The second-order valence-corrected chi connectivity index (χ2v) is 3.31. The molecule has 4 nitrogen and oxygen atoms in total. The topological polar surface area (TPSA) is 61.7 Å². The maximum absolute atomic E-state index is 12.7. The second kappa shape index (κ2) is 3.01. The lowest BCUT2D eigenvalue weighted by Gasteiger charge is -1.85. The molecule has 1 aromatic carbocycles. The molecule has 0 amide bonds. The van der Waals surface area contributed by atoms with Crippen LogP contribution < -0.4 is 0 Å². The first-order valence-electron chi connectivity index (χ1n) is 3.41. The Balaban J connectivity index is 2.68. The number of rotatable bonds is 1. The summed E-state index contributed by atoms with van der Waals surface area (Å²) in [5, 5.41) is 3.65. The van der Waals surface area contributed by atoms with Crippen molar-refractivity contribution in [2.75, 3.05) is 0 Å². The highest BCUT2D eigenvalue weighted by molar-refractivity contribution is 7.21. The maximum atomic E-state index is 12.7. The highest BCUT2D eigenvalue weighted by atomic mass is 32.1. The molecule has 2 aromatic rings. The summed E-state index contributed by atoms with van der Waals surface area (Å²) >= 11 is 1.23. The van der Waals surface area contributed by atoms with Crippen molar-refractivity contribution in [1.82, 2.24) is 4.98 Å². The Labute approximate surface area is 76.3 Å². The second-order valence-electron chi connectivity index (χ2n) is 2.30. The minimum absolute atomic E-state index is 0.308. The lowest BCUT2D eigenvalue weighted by atomic mass is 10.3. The number of azide groups is 1. The van der Waals surface area contributed by atoms with Crippen LogP contribution >= 0.6 is 11.3 Å². The summed E-state index contributed by atoms with van der Waals surface area (Å²) in [6.45, 7) is 0. The van der Waals surface area contributed by atoms with Gasteiger partial charge in [0.2, 0.25) is 0 Å². The summed E-state index contributed by atoms with van der Waals surface area (Å²) in [7, 11) is 0. The zero-order valence-corrected chi connectivity index (χ0v) is 7.12. The number of nitrogens with zero attached hydrogens (tertiary/aromatic N) is 4. The Kier molecular flexibility index (Phi) is 1.84. The molecule has 0 fully saturated rings. The molecule has 1 aromatic heterocycles. The van der Waals surface area contributed by atoms with Gasteiger partial charge in [0.1, 0.15) is 5.82 Å². The van der Waals surface area contributed by atoms with Crippen LogP contribution in [0, 0.1) is 5.82 Å². The highest BCUT2D eigenvalue weighted by Gasteiger charge is 2.02. The molecule has 0 bridgehead atoms. The predicted octanol–water partition coefficient (Wildman–Crippen LogP) is 3.38. The van der Waals surface area contributed by atoms with Crippen LogP contribution in [-0.4, -0.2) is 4.98 Å². The fraction of sp³-hybridized carbons (Fsp3) is 0. The number of halogens is 1. The standard InChI is InChI=1S/C7H3FN4S/c8-4-1-2-6-5(3-4)10-7(13-6)11-12-9/h1-3H. The minimum atomic E-state index is -0.342. The SMILES string of the molecule is [N-]=[N+]=Nc1nc2cc(F)ccc2s1. The number of aromatic nitrogens is 1. The normalized spacial score (nSPS) is 9.92. The van der Waals surface area contributed by atoms with Crippen LogP contribution in [0.1, 0.15) is 0 Å². The fourth-order valence-electron chi connectivity index (χ4n) is 0.969. The summed E-state index contributed by atoms with van der Waals surface area (Å²) in [5.74, 6) is -0.342. The molecular weight excluding hydrogens is 191 g/mol. The van der Waals surface area contributed by atoms with E-state index in [1.54, 1.807) is 6.07 Å². The number of thiazole rings is 1. The van der Waals surface area contributed by atoms with Gasteiger partial charge in [-0.2, -0.15) is 0 Å². The molecule has 13 heavy (non-hydrogen) atoms. The molecule has 0 aliphatic heterocycles. The minimum Gasteiger partial charge on any atom is -0.234 e. The molecule has 0 spiro atoms. The van der Waals surface area contributed by atoms with Gasteiger partial charge in [-0.1, -0.05) is 0 Å². The van der Waals surface area contributed by atoms with E-state index in [0.717, 1.165) is 4.70 Å². The molecule has 6 heteroatoms. The van der Waals surface area contributed by atoms with E-state index >= 15 is 0 Å². The van der Waals surface area contributed by atoms with Crippen molar-refractivity contribution in [2.45, 2.75) is 0 Å². The zero-order chi connectivity index (χ0) is 9.26. The van der Waals surface area contributed by atoms with E-state index in [9.17, 15) is 4.39 Å². The highest BCUT2D eigenvalue weighted by Crippen LogP contribution is 2.28. The van der Waals surface area contributed by atoms with Crippen molar-refractivity contribution in [2.24, 2.45) is 5.11 Å². The Morgan fingerprint density at radius 3 is 3.15 bits per heavy atom. The molecule has 0 unspecified atom stereocenters. The monoisotopic (exact) mass is 194 g/mol. The van der Waals surface area contributed by atoms with Crippen molar-refractivity contribution >= 4 is 26.7 Å². The quantitative estimate of drug-likeness (QED) is 0.390. The van der Waals surface area contributed by atoms with Gasteiger partial charge in [-0.3, -0.25) is 0 Å². The Hall–Kier alpha value is -1.65. The summed E-state index contributed by atoms with van der Waals surface area (Å²) in [5.41, 5.74) is 8.67. The first kappa shape index (κ1) is 7.97. The number of benzene rings is 1. The van der Waals surface area contributed by atoms with Crippen molar-refractivity contribution in [3.8, 4) is 0 Å². The molecule has 0 aliphatic rings. The van der Waals surface area contributed by atoms with Gasteiger partial charge in [0, 0.05) is 11.0 Å². The number of hydrogen-bond donors (Lipinski definition) is 0. The van der Waals surface area contributed by atoms with Gasteiger partial charge >= 0.3 is 0 Å². The molecule has 0 saturated carbocycles. The molecule has 0 saturated heterocycles. The first-order valence-corrected chi connectivity index (χ1v) is 4.22. The molecule has 2 rings (SSSR count). The fourth-order valence-corrected chi connectivity index (χ4v) is 1.73. The average Bonchev–Trinajstić information content (AvgIpc) is 2.46. The van der Waals surface area contributed by atoms with Gasteiger partial charge in [0.25, 0.3) is 0 Å². The third-order valence-electron chi connectivity index (χ3n) is 1.47. The molecule has 64 valence electrons. The summed E-state index contributed by atoms with van der Waals surface area (Å²) < 4.78 is 13.5. The first-order chi connectivity index (χ1) is 6.29. The number of hydrogen-bond acceptors (Lipinski definition) is 3. The van der Waals surface area contributed by atoms with Crippen LogP contribution in [0.4, 0.5) is 9.52 Å². The lowest BCUT2D eigenvalue weighted by molar-refractivity contribution is 0.629. The van der Waals surface area contributed by atoms with Crippen LogP contribution in [0.2, 0.25) is 0 Å². The van der Waals surface area contributed by atoms with Gasteiger partial charge in [-0.15, -0.1) is 11.3 Å².